The molecule has 0 radical (unpaired) electrons. The van der Waals surface area contributed by atoms with Crippen molar-refractivity contribution in [3.63, 3.8) is 0 Å². The minimum Gasteiger partial charge on any atom is -0.382 e. The van der Waals surface area contributed by atoms with Gasteiger partial charge in [0.15, 0.2) is 5.96 Å². The number of carbonyl (C=O) groups excluding carboxylic acids is 1. The number of rotatable bonds is 10. The van der Waals surface area contributed by atoms with Gasteiger partial charge < -0.3 is 20.7 Å². The van der Waals surface area contributed by atoms with Crippen LogP contribution in [0.4, 0.5) is 0 Å². The molecule has 1 amide bonds. The lowest BCUT2D eigenvalue weighted by Crippen LogP contribution is -2.44. The largest absolute Gasteiger partial charge is 0.382 e. The summed E-state index contributed by atoms with van der Waals surface area (Å²) in [5, 5.41) is 9.41. The lowest BCUT2D eigenvalue weighted by Gasteiger charge is -2.30. The molecule has 0 heterocycles. The smallest absolute Gasteiger partial charge is 0.241 e. The summed E-state index contributed by atoms with van der Waals surface area (Å²) >= 11 is 0. The highest BCUT2D eigenvalue weighted by atomic mass is 127. The van der Waals surface area contributed by atoms with Crippen molar-refractivity contribution >= 4 is 35.8 Å². The van der Waals surface area contributed by atoms with Gasteiger partial charge in [0.25, 0.3) is 0 Å². The Balaban J connectivity index is 0.00000529. The quantitative estimate of drug-likeness (QED) is 0.205. The molecule has 0 spiro atoms. The van der Waals surface area contributed by atoms with E-state index in [1.165, 1.54) is 25.7 Å². The predicted molar refractivity (Wildman–Crippen MR) is 110 cm³/mol. The van der Waals surface area contributed by atoms with Crippen molar-refractivity contribution in [1.29, 1.82) is 0 Å². The third-order valence-corrected chi connectivity index (χ3v) is 4.37. The number of hydrogen-bond acceptors (Lipinski definition) is 3. The lowest BCUT2D eigenvalue weighted by atomic mass is 9.83. The first-order valence-electron chi connectivity index (χ1n) is 9.02. The fourth-order valence-corrected chi connectivity index (χ4v) is 3.09. The van der Waals surface area contributed by atoms with Crippen molar-refractivity contribution in [1.82, 2.24) is 16.0 Å². The van der Waals surface area contributed by atoms with Gasteiger partial charge in [0.2, 0.25) is 5.91 Å². The first-order chi connectivity index (χ1) is 11.2. The number of nitrogens with zero attached hydrogens (tertiary/aromatic N) is 1. The topological polar surface area (TPSA) is 74.8 Å². The van der Waals surface area contributed by atoms with Gasteiger partial charge in [0, 0.05) is 32.8 Å². The number of likely N-dealkylation sites (N-methyl/N-ethyl adjacent to an activating group) is 1. The van der Waals surface area contributed by atoms with E-state index in [0.29, 0.717) is 12.0 Å². The summed E-state index contributed by atoms with van der Waals surface area (Å²) in [6.45, 7) is 10.1. The standard InChI is InChI=1S/C17H34N4O2.HI/c1-4-18-15(22)13-20-16(19-5-2)21-14-17(9-7-8-10-17)11-12-23-6-3;/h4-14H2,1-3H3,(H,18,22)(H2,19,20,21);1H. The Bertz CT molecular complexity index is 372. The molecule has 6 nitrogen and oxygen atoms in total. The van der Waals surface area contributed by atoms with Crippen LogP contribution in [0.15, 0.2) is 4.99 Å². The maximum atomic E-state index is 11.6. The second kappa shape index (κ2) is 13.7. The fourth-order valence-electron chi connectivity index (χ4n) is 3.09. The average molecular weight is 454 g/mol. The van der Waals surface area contributed by atoms with E-state index >= 15 is 0 Å². The lowest BCUT2D eigenvalue weighted by molar-refractivity contribution is -0.119. The fraction of sp³-hybridized carbons (Fsp3) is 0.882. The molecule has 1 aliphatic rings. The van der Waals surface area contributed by atoms with Crippen LogP contribution < -0.4 is 16.0 Å². The van der Waals surface area contributed by atoms with Crippen molar-refractivity contribution < 1.29 is 9.53 Å². The van der Waals surface area contributed by atoms with E-state index in [4.69, 9.17) is 4.74 Å². The second-order valence-corrected chi connectivity index (χ2v) is 6.16. The molecule has 3 N–H and O–H groups in total. The van der Waals surface area contributed by atoms with Gasteiger partial charge >= 0.3 is 0 Å². The van der Waals surface area contributed by atoms with Crippen LogP contribution in [0.1, 0.15) is 52.9 Å². The highest BCUT2D eigenvalue weighted by Gasteiger charge is 2.33. The van der Waals surface area contributed by atoms with Crippen LogP contribution in [0.3, 0.4) is 0 Å². The summed E-state index contributed by atoms with van der Waals surface area (Å²) in [5.74, 6) is 0.679. The third kappa shape index (κ3) is 9.05. The molecule has 142 valence electrons. The minimum atomic E-state index is -0.0448. The number of nitrogens with one attached hydrogen (secondary N) is 3. The van der Waals surface area contributed by atoms with Crippen LogP contribution in [0.25, 0.3) is 0 Å². The van der Waals surface area contributed by atoms with Crippen LogP contribution >= 0.6 is 24.0 Å². The zero-order valence-electron chi connectivity index (χ0n) is 15.5. The molecule has 0 atom stereocenters. The molecule has 1 aliphatic carbocycles. The Morgan fingerprint density at radius 3 is 2.33 bits per heavy atom. The molecule has 0 aromatic heterocycles. The van der Waals surface area contributed by atoms with E-state index in [9.17, 15) is 4.79 Å². The number of aliphatic imine (C=N–C) groups is 1. The third-order valence-electron chi connectivity index (χ3n) is 4.37. The van der Waals surface area contributed by atoms with Gasteiger partial charge in [-0.3, -0.25) is 4.79 Å². The first kappa shape index (κ1) is 23.4. The van der Waals surface area contributed by atoms with Crippen LogP contribution in [-0.2, 0) is 9.53 Å². The van der Waals surface area contributed by atoms with E-state index < -0.39 is 0 Å². The summed E-state index contributed by atoms with van der Waals surface area (Å²) in [6, 6.07) is 0. The SMILES string of the molecule is CCNC(=O)CN=C(NCC)NCC1(CCOCC)CCCC1.I. The minimum absolute atomic E-state index is 0. The van der Waals surface area contributed by atoms with Crippen molar-refractivity contribution in [3.8, 4) is 0 Å². The highest BCUT2D eigenvalue weighted by Crippen LogP contribution is 2.40. The molecule has 0 aromatic rings. The number of amides is 1. The van der Waals surface area contributed by atoms with Gasteiger partial charge in [-0.15, -0.1) is 24.0 Å². The average Bonchev–Trinajstić information content (AvgIpc) is 3.00. The van der Waals surface area contributed by atoms with Crippen molar-refractivity contribution in [3.05, 3.63) is 0 Å². The number of carbonyl (C=O) groups is 1. The van der Waals surface area contributed by atoms with Gasteiger partial charge in [0.1, 0.15) is 6.54 Å². The summed E-state index contributed by atoms with van der Waals surface area (Å²) in [4.78, 5) is 15.9. The van der Waals surface area contributed by atoms with Gasteiger partial charge in [0.05, 0.1) is 0 Å². The molecular formula is C17H35IN4O2. The van der Waals surface area contributed by atoms with Crippen LogP contribution in [0.5, 0.6) is 0 Å². The molecule has 1 saturated carbocycles. The van der Waals surface area contributed by atoms with Gasteiger partial charge in [-0.25, -0.2) is 4.99 Å². The molecule has 7 heteroatoms. The maximum absolute atomic E-state index is 11.6. The highest BCUT2D eigenvalue weighted by molar-refractivity contribution is 14.0. The molecule has 0 aliphatic heterocycles. The number of guanidine groups is 1. The maximum Gasteiger partial charge on any atom is 0.241 e. The Kier molecular flexibility index (Phi) is 13.4. The van der Waals surface area contributed by atoms with E-state index in [-0.39, 0.29) is 36.4 Å². The molecule has 1 fully saturated rings. The number of hydrogen-bond donors (Lipinski definition) is 3. The molecular weight excluding hydrogens is 419 g/mol. The molecule has 0 aromatic carbocycles. The molecule has 0 unspecified atom stereocenters. The Morgan fingerprint density at radius 1 is 1.08 bits per heavy atom. The molecule has 0 bridgehead atoms. The van der Waals surface area contributed by atoms with Crippen molar-refractivity contribution in [2.75, 3.05) is 39.4 Å². The van der Waals surface area contributed by atoms with Gasteiger partial charge in [-0.1, -0.05) is 12.8 Å². The Morgan fingerprint density at radius 2 is 1.75 bits per heavy atom. The normalized spacial score (nSPS) is 16.4. The van der Waals surface area contributed by atoms with Crippen LogP contribution in [0.2, 0.25) is 0 Å². The number of ether oxygens (including phenoxy) is 1. The predicted octanol–water partition coefficient (Wildman–Crippen LogP) is 2.28. The van der Waals surface area contributed by atoms with Crippen molar-refractivity contribution in [2.24, 2.45) is 10.4 Å². The van der Waals surface area contributed by atoms with E-state index in [1.807, 2.05) is 20.8 Å². The van der Waals surface area contributed by atoms with E-state index in [2.05, 4.69) is 20.9 Å². The van der Waals surface area contributed by atoms with Gasteiger partial charge in [-0.05, 0) is 45.4 Å². The van der Waals surface area contributed by atoms with E-state index in [1.54, 1.807) is 0 Å². The molecule has 0 saturated heterocycles. The number of halogens is 1. The Hall–Kier alpha value is -0.570. The zero-order chi connectivity index (χ0) is 17.0. The summed E-state index contributed by atoms with van der Waals surface area (Å²) in [5.41, 5.74) is 0.303. The van der Waals surface area contributed by atoms with Crippen molar-refractivity contribution in [2.45, 2.75) is 52.9 Å². The van der Waals surface area contributed by atoms with Crippen LogP contribution in [-0.4, -0.2) is 51.3 Å². The Labute approximate surface area is 164 Å². The zero-order valence-corrected chi connectivity index (χ0v) is 17.8. The molecule has 1 rings (SSSR count). The summed E-state index contributed by atoms with van der Waals surface area (Å²) in [7, 11) is 0. The summed E-state index contributed by atoms with van der Waals surface area (Å²) < 4.78 is 5.55. The van der Waals surface area contributed by atoms with Gasteiger partial charge in [-0.2, -0.15) is 0 Å². The monoisotopic (exact) mass is 454 g/mol. The van der Waals surface area contributed by atoms with Crippen LogP contribution in [0, 0.1) is 5.41 Å². The first-order valence-corrected chi connectivity index (χ1v) is 9.02. The summed E-state index contributed by atoms with van der Waals surface area (Å²) in [6.07, 6.45) is 6.15. The van der Waals surface area contributed by atoms with E-state index in [0.717, 1.165) is 38.7 Å². The second-order valence-electron chi connectivity index (χ2n) is 6.16. The molecule has 24 heavy (non-hydrogen) atoms.